The second kappa shape index (κ2) is 8.87. The fraction of sp³-hybridized carbons (Fsp3) is 0.185. The number of halogens is 1. The number of carbonyl (C=O) groups is 1. The lowest BCUT2D eigenvalue weighted by atomic mass is 10.0. The van der Waals surface area contributed by atoms with Gasteiger partial charge in [-0.25, -0.2) is 0 Å². The van der Waals surface area contributed by atoms with E-state index in [1.165, 1.54) is 10.1 Å². The van der Waals surface area contributed by atoms with Gasteiger partial charge in [-0.1, -0.05) is 60.1 Å². The van der Waals surface area contributed by atoms with Gasteiger partial charge in [-0.2, -0.15) is 4.37 Å². The maximum atomic E-state index is 13.5. The smallest absolute Gasteiger partial charge is 0.260 e. The molecule has 1 amide bonds. The first-order valence-electron chi connectivity index (χ1n) is 11.4. The number of hydrogen-bond acceptors (Lipinski definition) is 5. The minimum absolute atomic E-state index is 0.0223. The van der Waals surface area contributed by atoms with Crippen LogP contribution in [0.1, 0.15) is 11.1 Å². The topological polar surface area (TPSA) is 39.7 Å². The minimum atomic E-state index is 0.0223. The lowest BCUT2D eigenvalue weighted by Crippen LogP contribution is -2.50. The fourth-order valence-corrected chi connectivity index (χ4v) is 5.69. The minimum Gasteiger partial charge on any atom is -0.353 e. The Hall–Kier alpha value is -3.19. The molecule has 4 aromatic rings. The van der Waals surface area contributed by atoms with Gasteiger partial charge in [-0.05, 0) is 47.4 Å². The molecule has 0 aliphatic carbocycles. The van der Waals surface area contributed by atoms with Gasteiger partial charge in [0.1, 0.15) is 5.82 Å². The standard InChI is InChI=1S/C27H23ClN4OS/c28-20-10-11-21-23(16-19-6-2-1-3-7-19)27(33)32(24(21)17-20)18-30-12-14-31(15-13-30)26-22-8-4-5-9-25(22)34-29-26/h1-11,16-17H,12-15,18H2/b23-16-. The first-order chi connectivity index (χ1) is 16.7. The van der Waals surface area contributed by atoms with E-state index in [1.54, 1.807) is 11.5 Å². The van der Waals surface area contributed by atoms with Gasteiger partial charge in [0, 0.05) is 47.7 Å². The van der Waals surface area contributed by atoms with Crippen molar-refractivity contribution in [3.8, 4) is 0 Å². The van der Waals surface area contributed by atoms with Gasteiger partial charge < -0.3 is 4.90 Å². The summed E-state index contributed by atoms with van der Waals surface area (Å²) in [6.07, 6.45) is 1.97. The molecule has 1 saturated heterocycles. The van der Waals surface area contributed by atoms with Crippen LogP contribution in [0.3, 0.4) is 0 Å². The highest BCUT2D eigenvalue weighted by molar-refractivity contribution is 7.13. The predicted octanol–water partition coefficient (Wildman–Crippen LogP) is 5.62. The summed E-state index contributed by atoms with van der Waals surface area (Å²) in [5, 5.41) is 1.85. The number of aromatic nitrogens is 1. The van der Waals surface area contributed by atoms with Crippen LogP contribution in [-0.2, 0) is 4.79 Å². The largest absolute Gasteiger partial charge is 0.353 e. The van der Waals surface area contributed by atoms with Gasteiger partial charge in [-0.15, -0.1) is 0 Å². The number of anilines is 2. The molecule has 0 radical (unpaired) electrons. The number of hydrogen-bond donors (Lipinski definition) is 0. The number of benzene rings is 3. The van der Waals surface area contributed by atoms with E-state index < -0.39 is 0 Å². The summed E-state index contributed by atoms with van der Waals surface area (Å²) in [7, 11) is 0. The van der Waals surface area contributed by atoms with Crippen molar-refractivity contribution in [2.45, 2.75) is 0 Å². The molecule has 1 aromatic heterocycles. The number of piperazine rings is 1. The van der Waals surface area contributed by atoms with E-state index in [9.17, 15) is 4.79 Å². The molecule has 3 aromatic carbocycles. The predicted molar refractivity (Wildman–Crippen MR) is 142 cm³/mol. The summed E-state index contributed by atoms with van der Waals surface area (Å²) in [6.45, 7) is 4.03. The zero-order valence-electron chi connectivity index (χ0n) is 18.5. The van der Waals surface area contributed by atoms with Crippen LogP contribution in [-0.4, -0.2) is 48.0 Å². The fourth-order valence-electron chi connectivity index (χ4n) is 4.72. The van der Waals surface area contributed by atoms with Gasteiger partial charge in [0.25, 0.3) is 5.91 Å². The molecule has 34 heavy (non-hydrogen) atoms. The summed E-state index contributed by atoms with van der Waals surface area (Å²) in [5.41, 5.74) is 3.54. The molecule has 0 spiro atoms. The Bertz CT molecular complexity index is 1390. The van der Waals surface area contributed by atoms with Crippen molar-refractivity contribution in [2.75, 3.05) is 42.6 Å². The van der Waals surface area contributed by atoms with Crippen LogP contribution >= 0.6 is 23.1 Å². The number of fused-ring (bicyclic) bond motifs is 2. The molecule has 0 N–H and O–H groups in total. The lowest BCUT2D eigenvalue weighted by Gasteiger charge is -2.37. The van der Waals surface area contributed by atoms with Crippen molar-refractivity contribution in [1.29, 1.82) is 0 Å². The number of nitrogens with zero attached hydrogens (tertiary/aromatic N) is 4. The number of carbonyl (C=O) groups excluding carboxylic acids is 1. The normalized spacial score (nSPS) is 17.7. The monoisotopic (exact) mass is 486 g/mol. The average Bonchev–Trinajstić information content (AvgIpc) is 3.40. The second-order valence-corrected chi connectivity index (χ2v) is 9.85. The van der Waals surface area contributed by atoms with Crippen LogP contribution in [0.5, 0.6) is 0 Å². The molecule has 5 nitrogen and oxygen atoms in total. The van der Waals surface area contributed by atoms with Crippen molar-refractivity contribution in [1.82, 2.24) is 9.27 Å². The Balaban J connectivity index is 1.21. The molecular formula is C27H23ClN4OS. The van der Waals surface area contributed by atoms with Crippen LogP contribution in [0.25, 0.3) is 21.7 Å². The van der Waals surface area contributed by atoms with Crippen molar-refractivity contribution in [3.05, 3.63) is 88.9 Å². The van der Waals surface area contributed by atoms with E-state index in [-0.39, 0.29) is 5.91 Å². The molecule has 0 unspecified atom stereocenters. The Morgan fingerprint density at radius 3 is 2.53 bits per heavy atom. The van der Waals surface area contributed by atoms with E-state index in [0.29, 0.717) is 17.3 Å². The summed E-state index contributed by atoms with van der Waals surface area (Å²) < 4.78 is 5.93. The van der Waals surface area contributed by atoms with E-state index >= 15 is 0 Å². The van der Waals surface area contributed by atoms with Crippen LogP contribution in [0.2, 0.25) is 5.02 Å². The van der Waals surface area contributed by atoms with Crippen molar-refractivity contribution in [2.24, 2.45) is 0 Å². The van der Waals surface area contributed by atoms with Gasteiger partial charge in [0.05, 0.1) is 17.1 Å². The molecule has 0 atom stereocenters. The molecular weight excluding hydrogens is 464 g/mol. The number of amides is 1. The zero-order valence-corrected chi connectivity index (χ0v) is 20.1. The maximum Gasteiger partial charge on any atom is 0.260 e. The summed E-state index contributed by atoms with van der Waals surface area (Å²) >= 11 is 7.88. The Morgan fingerprint density at radius 1 is 0.941 bits per heavy atom. The zero-order chi connectivity index (χ0) is 23.1. The maximum absolute atomic E-state index is 13.5. The van der Waals surface area contributed by atoms with Crippen molar-refractivity contribution >= 4 is 62.3 Å². The quantitative estimate of drug-likeness (QED) is 0.351. The Labute approximate surface area is 207 Å². The molecule has 2 aliphatic rings. The van der Waals surface area contributed by atoms with E-state index in [0.717, 1.165) is 48.8 Å². The summed E-state index contributed by atoms with van der Waals surface area (Å²) in [4.78, 5) is 20.1. The third-order valence-electron chi connectivity index (χ3n) is 6.50. The van der Waals surface area contributed by atoms with Crippen molar-refractivity contribution < 1.29 is 4.79 Å². The lowest BCUT2D eigenvalue weighted by molar-refractivity contribution is -0.113. The third kappa shape index (κ3) is 3.88. The Morgan fingerprint density at radius 2 is 1.71 bits per heavy atom. The highest BCUT2D eigenvalue weighted by Gasteiger charge is 2.34. The van der Waals surface area contributed by atoms with Crippen LogP contribution < -0.4 is 9.80 Å². The van der Waals surface area contributed by atoms with Crippen molar-refractivity contribution in [3.63, 3.8) is 0 Å². The SMILES string of the molecule is O=C1/C(=C\c2ccccc2)c2ccc(Cl)cc2N1CN1CCN(c2nsc3ccccc23)CC1. The van der Waals surface area contributed by atoms with Gasteiger partial charge in [0.2, 0.25) is 0 Å². The first-order valence-corrected chi connectivity index (χ1v) is 12.5. The highest BCUT2D eigenvalue weighted by Crippen LogP contribution is 2.39. The van der Waals surface area contributed by atoms with Crippen LogP contribution in [0, 0.1) is 0 Å². The van der Waals surface area contributed by atoms with E-state index in [4.69, 9.17) is 16.0 Å². The van der Waals surface area contributed by atoms with Gasteiger partial charge in [-0.3, -0.25) is 14.6 Å². The molecule has 7 heteroatoms. The number of rotatable bonds is 4. The molecule has 2 aliphatic heterocycles. The van der Waals surface area contributed by atoms with E-state index in [1.807, 2.05) is 59.5 Å². The Kier molecular flexibility index (Phi) is 5.57. The van der Waals surface area contributed by atoms with E-state index in [2.05, 4.69) is 34.1 Å². The molecule has 0 bridgehead atoms. The van der Waals surface area contributed by atoms with Crippen LogP contribution in [0.15, 0.2) is 72.8 Å². The highest BCUT2D eigenvalue weighted by atomic mass is 35.5. The van der Waals surface area contributed by atoms with Gasteiger partial charge in [0.15, 0.2) is 0 Å². The molecule has 6 rings (SSSR count). The average molecular weight is 487 g/mol. The molecule has 1 fully saturated rings. The third-order valence-corrected chi connectivity index (χ3v) is 7.55. The molecule has 3 heterocycles. The second-order valence-electron chi connectivity index (χ2n) is 8.61. The summed E-state index contributed by atoms with van der Waals surface area (Å²) in [5.74, 6) is 1.09. The molecule has 0 saturated carbocycles. The molecule has 170 valence electrons. The first kappa shape index (κ1) is 21.4. The summed E-state index contributed by atoms with van der Waals surface area (Å²) in [6, 6.07) is 24.1. The van der Waals surface area contributed by atoms with Gasteiger partial charge >= 0.3 is 0 Å². The van der Waals surface area contributed by atoms with Crippen LogP contribution in [0.4, 0.5) is 11.5 Å².